The van der Waals surface area contributed by atoms with Crippen LogP contribution in [0.4, 0.5) is 0 Å². The fourth-order valence-corrected chi connectivity index (χ4v) is 1.26. The molecule has 112 valence electrons. The molecule has 2 aromatic carbocycles. The molecule has 0 saturated heterocycles. The molecule has 0 heterocycles. The maximum absolute atomic E-state index is 7.00. The van der Waals surface area contributed by atoms with Crippen LogP contribution in [0, 0.1) is 0 Å². The van der Waals surface area contributed by atoms with E-state index in [9.17, 15) is 0 Å². The predicted octanol–water partition coefficient (Wildman–Crippen LogP) is 4.17. The van der Waals surface area contributed by atoms with Gasteiger partial charge in [0.05, 0.1) is 0 Å². The molecule has 0 fully saturated rings. The van der Waals surface area contributed by atoms with Crippen molar-refractivity contribution >= 4 is 0 Å². The standard InChI is InChI=1S/C12H10.C3H9N.C2H6.CH4O/c1-3-7-11(8-4-1)12-9-5-2-6-10-12;1-4(2)3;2*1-2/h1-10H;1-3H3;1-2H3;2H,1H3. The highest BCUT2D eigenvalue weighted by Crippen LogP contribution is 2.17. The van der Waals surface area contributed by atoms with Crippen LogP contribution >= 0.6 is 0 Å². The zero-order chi connectivity index (χ0) is 15.8. The fourth-order valence-electron chi connectivity index (χ4n) is 1.26. The maximum atomic E-state index is 7.00. The van der Waals surface area contributed by atoms with Crippen LogP contribution in [0.5, 0.6) is 0 Å². The Bertz CT molecular complexity index is 344. The highest BCUT2D eigenvalue weighted by Gasteiger charge is 1.91. The van der Waals surface area contributed by atoms with Crippen molar-refractivity contribution in [2.45, 2.75) is 13.8 Å². The molecule has 0 radical (unpaired) electrons. The summed E-state index contributed by atoms with van der Waals surface area (Å²) in [5.74, 6) is 0. The summed E-state index contributed by atoms with van der Waals surface area (Å²) < 4.78 is 0. The van der Waals surface area contributed by atoms with Gasteiger partial charge in [0.1, 0.15) is 0 Å². The van der Waals surface area contributed by atoms with E-state index in [-0.39, 0.29) is 0 Å². The molecule has 0 aliphatic carbocycles. The van der Waals surface area contributed by atoms with Gasteiger partial charge in [-0.1, -0.05) is 74.5 Å². The molecule has 0 bridgehead atoms. The van der Waals surface area contributed by atoms with Crippen molar-refractivity contribution in [3.63, 3.8) is 0 Å². The molecular weight excluding hydrogens is 246 g/mol. The molecule has 2 aromatic rings. The highest BCUT2D eigenvalue weighted by atomic mass is 16.2. The highest BCUT2D eigenvalue weighted by molar-refractivity contribution is 5.62. The van der Waals surface area contributed by atoms with Crippen LogP contribution in [0.3, 0.4) is 0 Å². The van der Waals surface area contributed by atoms with Crippen LogP contribution in [0.15, 0.2) is 60.7 Å². The van der Waals surface area contributed by atoms with E-state index in [4.69, 9.17) is 5.11 Å². The van der Waals surface area contributed by atoms with Gasteiger partial charge in [0.2, 0.25) is 0 Å². The molecule has 20 heavy (non-hydrogen) atoms. The molecule has 2 rings (SSSR count). The first-order valence-corrected chi connectivity index (χ1v) is 6.86. The lowest BCUT2D eigenvalue weighted by molar-refractivity contribution is 0.399. The molecule has 1 N–H and O–H groups in total. The zero-order valence-corrected chi connectivity index (χ0v) is 13.7. The van der Waals surface area contributed by atoms with Crippen molar-refractivity contribution in [2.75, 3.05) is 28.3 Å². The maximum Gasteiger partial charge on any atom is 0.0319 e. The lowest BCUT2D eigenvalue weighted by Gasteiger charge is -1.98. The summed E-state index contributed by atoms with van der Waals surface area (Å²) in [6.45, 7) is 4.00. The predicted molar refractivity (Wildman–Crippen MR) is 91.0 cm³/mol. The number of hydrogen-bond donors (Lipinski definition) is 1. The lowest BCUT2D eigenvalue weighted by atomic mass is 10.1. The number of benzene rings is 2. The topological polar surface area (TPSA) is 23.5 Å². The van der Waals surface area contributed by atoms with Crippen LogP contribution in [0.1, 0.15) is 13.8 Å². The number of hydrogen-bond acceptors (Lipinski definition) is 2. The Balaban J connectivity index is 0. The van der Waals surface area contributed by atoms with Gasteiger partial charge in [0.15, 0.2) is 0 Å². The van der Waals surface area contributed by atoms with E-state index in [1.165, 1.54) is 11.1 Å². The largest absolute Gasteiger partial charge is 0.400 e. The SMILES string of the molecule is CC.CN(C)C.CO.c1ccc(-c2ccccc2)cc1. The van der Waals surface area contributed by atoms with Gasteiger partial charge in [-0.2, -0.15) is 0 Å². The first-order valence-electron chi connectivity index (χ1n) is 6.86. The Morgan fingerprint density at radius 3 is 1.00 bits per heavy atom. The van der Waals surface area contributed by atoms with Gasteiger partial charge in [-0.05, 0) is 32.3 Å². The molecule has 2 nitrogen and oxygen atoms in total. The van der Waals surface area contributed by atoms with Gasteiger partial charge in [0.25, 0.3) is 0 Å². The second-order valence-corrected chi connectivity index (χ2v) is 4.07. The molecule has 0 amide bonds. The quantitative estimate of drug-likeness (QED) is 0.844. The molecule has 0 aliphatic heterocycles. The minimum absolute atomic E-state index is 1.00. The average molecular weight is 275 g/mol. The van der Waals surface area contributed by atoms with Gasteiger partial charge in [0, 0.05) is 7.11 Å². The summed E-state index contributed by atoms with van der Waals surface area (Å²) in [7, 11) is 7.00. The van der Waals surface area contributed by atoms with E-state index in [1.807, 2.05) is 52.0 Å². The molecule has 2 heteroatoms. The molecule has 0 spiro atoms. The number of aliphatic hydroxyl groups excluding tert-OH is 1. The van der Waals surface area contributed by atoms with Gasteiger partial charge in [-0.25, -0.2) is 0 Å². The summed E-state index contributed by atoms with van der Waals surface area (Å²) in [4.78, 5) is 2.00. The third-order valence-electron chi connectivity index (χ3n) is 1.88. The second kappa shape index (κ2) is 15.4. The summed E-state index contributed by atoms with van der Waals surface area (Å²) in [5.41, 5.74) is 2.55. The molecule has 0 saturated carbocycles. The van der Waals surface area contributed by atoms with E-state index in [1.54, 1.807) is 0 Å². The summed E-state index contributed by atoms with van der Waals surface area (Å²) in [6, 6.07) is 20.8. The zero-order valence-electron chi connectivity index (χ0n) is 13.7. The molecule has 0 atom stereocenters. The van der Waals surface area contributed by atoms with Crippen molar-refractivity contribution in [1.29, 1.82) is 0 Å². The van der Waals surface area contributed by atoms with Gasteiger partial charge in [-0.3, -0.25) is 0 Å². The van der Waals surface area contributed by atoms with Crippen LogP contribution < -0.4 is 0 Å². The van der Waals surface area contributed by atoms with Crippen molar-refractivity contribution < 1.29 is 5.11 Å². The van der Waals surface area contributed by atoms with Gasteiger partial charge in [-0.15, -0.1) is 0 Å². The fraction of sp³-hybridized carbons (Fsp3) is 0.333. The lowest BCUT2D eigenvalue weighted by Crippen LogP contribution is -1.99. The van der Waals surface area contributed by atoms with Gasteiger partial charge < -0.3 is 10.0 Å². The monoisotopic (exact) mass is 275 g/mol. The Kier molecular flexibility index (Phi) is 15.9. The normalized spacial score (nSPS) is 8.20. The second-order valence-electron chi connectivity index (χ2n) is 4.07. The van der Waals surface area contributed by atoms with E-state index in [0.29, 0.717) is 0 Å². The number of rotatable bonds is 1. The van der Waals surface area contributed by atoms with Crippen molar-refractivity contribution in [2.24, 2.45) is 0 Å². The van der Waals surface area contributed by atoms with E-state index >= 15 is 0 Å². The van der Waals surface area contributed by atoms with Crippen LogP contribution in [-0.2, 0) is 0 Å². The number of nitrogens with zero attached hydrogens (tertiary/aromatic N) is 1. The van der Waals surface area contributed by atoms with Crippen LogP contribution in [0.25, 0.3) is 11.1 Å². The molecular formula is C18H29NO. The van der Waals surface area contributed by atoms with E-state index in [0.717, 1.165) is 7.11 Å². The summed E-state index contributed by atoms with van der Waals surface area (Å²) >= 11 is 0. The van der Waals surface area contributed by atoms with Crippen molar-refractivity contribution in [3.05, 3.63) is 60.7 Å². The third-order valence-corrected chi connectivity index (χ3v) is 1.88. The van der Waals surface area contributed by atoms with Crippen LogP contribution in [-0.4, -0.2) is 38.3 Å². The minimum Gasteiger partial charge on any atom is -0.400 e. The summed E-state index contributed by atoms with van der Waals surface area (Å²) in [6.07, 6.45) is 0. The Morgan fingerprint density at radius 2 is 0.800 bits per heavy atom. The van der Waals surface area contributed by atoms with Gasteiger partial charge >= 0.3 is 0 Å². The van der Waals surface area contributed by atoms with E-state index < -0.39 is 0 Å². The Hall–Kier alpha value is -1.64. The third kappa shape index (κ3) is 11.5. The Morgan fingerprint density at radius 1 is 0.600 bits per heavy atom. The molecule has 0 aromatic heterocycles. The minimum atomic E-state index is 1.00. The average Bonchev–Trinajstić information content (AvgIpc) is 2.52. The van der Waals surface area contributed by atoms with Crippen molar-refractivity contribution in [1.82, 2.24) is 4.90 Å². The molecule has 0 unspecified atom stereocenters. The first kappa shape index (κ1) is 20.7. The summed E-state index contributed by atoms with van der Waals surface area (Å²) in [5, 5.41) is 7.00. The number of aliphatic hydroxyl groups is 1. The van der Waals surface area contributed by atoms with Crippen molar-refractivity contribution in [3.8, 4) is 11.1 Å². The van der Waals surface area contributed by atoms with E-state index in [2.05, 4.69) is 48.5 Å². The smallest absolute Gasteiger partial charge is 0.0319 e. The van der Waals surface area contributed by atoms with Crippen LogP contribution in [0.2, 0.25) is 0 Å². The first-order chi connectivity index (χ1) is 9.70. The Labute approximate surface area is 124 Å². The molecule has 0 aliphatic rings.